The van der Waals surface area contributed by atoms with Gasteiger partial charge in [0, 0.05) is 23.3 Å². The Bertz CT molecular complexity index is 1090. The van der Waals surface area contributed by atoms with E-state index in [1.807, 2.05) is 0 Å². The summed E-state index contributed by atoms with van der Waals surface area (Å²) in [6.45, 7) is 0.393. The quantitative estimate of drug-likeness (QED) is 0.500. The summed E-state index contributed by atoms with van der Waals surface area (Å²) in [5, 5.41) is 13.4. The third-order valence-corrected chi connectivity index (χ3v) is 5.71. The first-order valence-electron chi connectivity index (χ1n) is 9.64. The predicted octanol–water partition coefficient (Wildman–Crippen LogP) is 4.16. The van der Waals surface area contributed by atoms with Crippen molar-refractivity contribution < 1.29 is 35.5 Å². The van der Waals surface area contributed by atoms with Crippen LogP contribution in [0.25, 0.3) is 0 Å². The van der Waals surface area contributed by atoms with Crippen molar-refractivity contribution >= 4 is 11.6 Å². The highest BCUT2D eigenvalue weighted by Gasteiger charge is 2.68. The number of carbonyl (C=O) groups is 1. The lowest BCUT2D eigenvalue weighted by Gasteiger charge is -2.19. The van der Waals surface area contributed by atoms with E-state index >= 15 is 0 Å². The van der Waals surface area contributed by atoms with E-state index in [4.69, 9.17) is 5.41 Å². The smallest absolute Gasteiger partial charge is 0.346 e. The molecule has 3 atom stereocenters. The fourth-order valence-electron chi connectivity index (χ4n) is 4.25. The minimum atomic E-state index is -4.95. The molecule has 0 aliphatic heterocycles. The van der Waals surface area contributed by atoms with Gasteiger partial charge in [-0.05, 0) is 43.4 Å². The zero-order valence-electron chi connectivity index (χ0n) is 16.5. The Kier molecular flexibility index (Phi) is 5.09. The van der Waals surface area contributed by atoms with Crippen molar-refractivity contribution in [1.29, 1.82) is 5.41 Å². The van der Waals surface area contributed by atoms with Gasteiger partial charge in [-0.25, -0.2) is 8.78 Å². The Morgan fingerprint density at radius 1 is 1.28 bits per heavy atom. The normalized spacial score (nSPS) is 21.6. The van der Waals surface area contributed by atoms with Crippen LogP contribution in [-0.2, 0) is 29.9 Å². The molecule has 1 heterocycles. The largest absolute Gasteiger partial charge is 0.435 e. The second-order valence-electron chi connectivity index (χ2n) is 8.12. The van der Waals surface area contributed by atoms with Gasteiger partial charge in [0.25, 0.3) is 5.92 Å². The molecule has 2 aromatic rings. The van der Waals surface area contributed by atoms with Crippen LogP contribution in [0.3, 0.4) is 0 Å². The summed E-state index contributed by atoms with van der Waals surface area (Å²) in [5.41, 5.74) is -2.85. The van der Waals surface area contributed by atoms with Crippen molar-refractivity contribution in [3.8, 4) is 0 Å². The van der Waals surface area contributed by atoms with E-state index in [0.29, 0.717) is 10.7 Å². The summed E-state index contributed by atoms with van der Waals surface area (Å²) < 4.78 is 96.4. The standard InChI is InChI=1S/C20H17F7N4O/c1-8(28)14(4-9-2-10(21)5-11(22)3-9)29-15(32)7-31-18-16(17(30-31)20(25,26)27)12-6-13(12)19(18,23)24/h2-3,5,12-14,28H,4,6-7H2,1H3,(H,29,32)/t12-,13+,14-/m0/s1. The molecule has 32 heavy (non-hydrogen) atoms. The summed E-state index contributed by atoms with van der Waals surface area (Å²) in [6, 6.07) is 1.61. The van der Waals surface area contributed by atoms with Gasteiger partial charge in [0.1, 0.15) is 23.9 Å². The van der Waals surface area contributed by atoms with E-state index in [0.717, 1.165) is 12.1 Å². The van der Waals surface area contributed by atoms with Crippen LogP contribution in [0.1, 0.15) is 41.8 Å². The Hall–Kier alpha value is -2.92. The van der Waals surface area contributed by atoms with Gasteiger partial charge in [-0.15, -0.1) is 0 Å². The first-order chi connectivity index (χ1) is 14.8. The molecule has 0 saturated heterocycles. The van der Waals surface area contributed by atoms with Crippen molar-refractivity contribution in [2.24, 2.45) is 5.92 Å². The zero-order valence-corrected chi connectivity index (χ0v) is 16.5. The molecule has 0 bridgehead atoms. The number of carbonyl (C=O) groups excluding carboxylic acids is 1. The number of halogens is 7. The average Bonchev–Trinajstić information content (AvgIpc) is 3.28. The molecule has 1 aromatic carbocycles. The van der Waals surface area contributed by atoms with Gasteiger partial charge in [-0.1, -0.05) is 0 Å². The molecule has 1 fully saturated rings. The number of nitrogens with one attached hydrogen (secondary N) is 2. The second-order valence-corrected chi connectivity index (χ2v) is 8.12. The number of benzene rings is 1. The predicted molar refractivity (Wildman–Crippen MR) is 97.4 cm³/mol. The SMILES string of the molecule is CC(=N)[C@H](Cc1cc(F)cc(F)c1)NC(=O)Cn1nc(C(F)(F)F)c2c1C(F)(F)[C@@H]1C[C@H]21. The minimum absolute atomic E-state index is 0.0692. The van der Waals surface area contributed by atoms with Crippen molar-refractivity contribution in [2.75, 3.05) is 0 Å². The molecule has 2 aliphatic carbocycles. The van der Waals surface area contributed by atoms with Crippen LogP contribution in [0.5, 0.6) is 0 Å². The third-order valence-electron chi connectivity index (χ3n) is 5.71. The van der Waals surface area contributed by atoms with Crippen LogP contribution in [0.2, 0.25) is 0 Å². The van der Waals surface area contributed by atoms with Crippen molar-refractivity contribution in [2.45, 2.75) is 50.4 Å². The molecule has 172 valence electrons. The average molecular weight is 462 g/mol. The van der Waals surface area contributed by atoms with Gasteiger partial charge < -0.3 is 10.7 Å². The lowest BCUT2D eigenvalue weighted by Crippen LogP contribution is -2.43. The topological polar surface area (TPSA) is 70.8 Å². The zero-order chi connectivity index (χ0) is 23.6. The molecule has 12 heteroatoms. The van der Waals surface area contributed by atoms with Gasteiger partial charge in [-0.2, -0.15) is 27.1 Å². The Morgan fingerprint density at radius 2 is 1.91 bits per heavy atom. The number of aromatic nitrogens is 2. The summed E-state index contributed by atoms with van der Waals surface area (Å²) in [4.78, 5) is 12.5. The van der Waals surface area contributed by atoms with E-state index in [9.17, 15) is 35.5 Å². The monoisotopic (exact) mass is 462 g/mol. The fourth-order valence-corrected chi connectivity index (χ4v) is 4.25. The maximum Gasteiger partial charge on any atom is 0.435 e. The molecule has 2 aliphatic rings. The van der Waals surface area contributed by atoms with Crippen LogP contribution >= 0.6 is 0 Å². The molecule has 0 radical (unpaired) electrons. The van der Waals surface area contributed by atoms with Gasteiger partial charge in [0.05, 0.1) is 6.04 Å². The first kappa shape index (κ1) is 22.3. The molecule has 4 rings (SSSR count). The van der Waals surface area contributed by atoms with E-state index in [-0.39, 0.29) is 24.1 Å². The number of hydrogen-bond donors (Lipinski definition) is 2. The lowest BCUT2D eigenvalue weighted by atomic mass is 10.0. The molecule has 5 nitrogen and oxygen atoms in total. The maximum absolute atomic E-state index is 14.6. The highest BCUT2D eigenvalue weighted by Crippen LogP contribution is 2.68. The fraction of sp³-hybridized carbons (Fsp3) is 0.450. The Balaban J connectivity index is 1.56. The van der Waals surface area contributed by atoms with E-state index in [2.05, 4.69) is 10.4 Å². The minimum Gasteiger partial charge on any atom is -0.346 e. The highest BCUT2D eigenvalue weighted by molar-refractivity contribution is 5.89. The molecule has 2 N–H and O–H groups in total. The van der Waals surface area contributed by atoms with Crippen molar-refractivity contribution in [1.82, 2.24) is 15.1 Å². The summed E-state index contributed by atoms with van der Waals surface area (Å²) >= 11 is 0. The molecule has 0 unspecified atom stereocenters. The molecule has 1 saturated carbocycles. The van der Waals surface area contributed by atoms with Crippen molar-refractivity contribution in [3.63, 3.8) is 0 Å². The van der Waals surface area contributed by atoms with Gasteiger partial charge in [0.15, 0.2) is 5.69 Å². The Morgan fingerprint density at radius 3 is 2.47 bits per heavy atom. The number of alkyl halides is 5. The Labute approximate surface area is 177 Å². The molecular weight excluding hydrogens is 445 g/mol. The van der Waals surface area contributed by atoms with Crippen LogP contribution in [0, 0.1) is 23.0 Å². The van der Waals surface area contributed by atoms with Crippen LogP contribution in [0.15, 0.2) is 18.2 Å². The number of rotatable bonds is 6. The number of amides is 1. The summed E-state index contributed by atoms with van der Waals surface area (Å²) in [5.74, 6) is -8.39. The molecule has 1 amide bonds. The third kappa shape index (κ3) is 3.86. The first-order valence-corrected chi connectivity index (χ1v) is 9.64. The summed E-state index contributed by atoms with van der Waals surface area (Å²) in [6.07, 6.45) is -5.20. The molecule has 0 spiro atoms. The lowest BCUT2D eigenvalue weighted by molar-refractivity contribution is -0.142. The van der Waals surface area contributed by atoms with E-state index in [1.165, 1.54) is 6.92 Å². The van der Waals surface area contributed by atoms with Crippen LogP contribution in [-0.4, -0.2) is 27.4 Å². The van der Waals surface area contributed by atoms with Gasteiger partial charge >= 0.3 is 6.18 Å². The van der Waals surface area contributed by atoms with Gasteiger partial charge in [0.2, 0.25) is 5.91 Å². The number of hydrogen-bond acceptors (Lipinski definition) is 3. The number of fused-ring (bicyclic) bond motifs is 3. The summed E-state index contributed by atoms with van der Waals surface area (Å²) in [7, 11) is 0. The number of nitrogens with zero attached hydrogens (tertiary/aromatic N) is 2. The molecular formula is C20H17F7N4O. The maximum atomic E-state index is 14.6. The highest BCUT2D eigenvalue weighted by atomic mass is 19.4. The van der Waals surface area contributed by atoms with E-state index < -0.39 is 71.0 Å². The second kappa shape index (κ2) is 7.31. The van der Waals surface area contributed by atoms with Crippen LogP contribution in [0.4, 0.5) is 30.7 Å². The van der Waals surface area contributed by atoms with Crippen LogP contribution < -0.4 is 5.32 Å². The van der Waals surface area contributed by atoms with E-state index in [1.54, 1.807) is 0 Å². The van der Waals surface area contributed by atoms with Gasteiger partial charge in [-0.3, -0.25) is 9.48 Å². The molecule has 1 aromatic heterocycles. The van der Waals surface area contributed by atoms with Crippen molar-refractivity contribution in [3.05, 3.63) is 52.3 Å².